The standard InChI is InChI=1S/C27H35N3O4S/c1-27(2,3)34-26(31)30-24-12-8-7-11-23(24)20-25(30)35(32,33)28-15-18-29-16-13-22(14-17-29)19-21-9-5-4-6-10-21/h4-12,20,22,28H,13-19H2,1-3H3. The number of nitrogens with zero attached hydrogens (tertiary/aromatic N) is 2. The summed E-state index contributed by atoms with van der Waals surface area (Å²) in [6.07, 6.45) is 2.60. The highest BCUT2D eigenvalue weighted by Gasteiger charge is 2.28. The van der Waals surface area contributed by atoms with Crippen molar-refractivity contribution in [3.63, 3.8) is 0 Å². The minimum atomic E-state index is -3.92. The van der Waals surface area contributed by atoms with Gasteiger partial charge in [0, 0.05) is 18.5 Å². The molecule has 0 amide bonds. The number of aromatic nitrogens is 1. The van der Waals surface area contributed by atoms with Crippen molar-refractivity contribution >= 4 is 27.0 Å². The first-order valence-corrected chi connectivity index (χ1v) is 13.7. The Balaban J connectivity index is 1.38. The van der Waals surface area contributed by atoms with Gasteiger partial charge >= 0.3 is 6.09 Å². The summed E-state index contributed by atoms with van der Waals surface area (Å²) >= 11 is 0. The molecule has 35 heavy (non-hydrogen) atoms. The number of rotatable bonds is 7. The second-order valence-corrected chi connectivity index (χ2v) is 11.9. The van der Waals surface area contributed by atoms with Crippen LogP contribution in [0, 0.1) is 5.92 Å². The van der Waals surface area contributed by atoms with Gasteiger partial charge in [-0.15, -0.1) is 0 Å². The van der Waals surface area contributed by atoms with E-state index in [-0.39, 0.29) is 11.6 Å². The van der Waals surface area contributed by atoms with E-state index in [0.29, 0.717) is 23.4 Å². The largest absolute Gasteiger partial charge is 0.443 e. The molecule has 0 unspecified atom stereocenters. The van der Waals surface area contributed by atoms with Crippen LogP contribution in [0.25, 0.3) is 10.9 Å². The smallest absolute Gasteiger partial charge is 0.420 e. The summed E-state index contributed by atoms with van der Waals surface area (Å²) in [4.78, 5) is 15.2. The molecule has 2 aromatic carbocycles. The van der Waals surface area contributed by atoms with E-state index in [0.717, 1.165) is 36.9 Å². The van der Waals surface area contributed by atoms with Crippen LogP contribution in [-0.4, -0.2) is 55.8 Å². The van der Waals surface area contributed by atoms with Gasteiger partial charge in [0.05, 0.1) is 5.52 Å². The number of likely N-dealkylation sites (tertiary alicyclic amines) is 1. The Morgan fingerprint density at radius 3 is 2.37 bits per heavy atom. The van der Waals surface area contributed by atoms with Crippen molar-refractivity contribution < 1.29 is 17.9 Å². The summed E-state index contributed by atoms with van der Waals surface area (Å²) in [5.41, 5.74) is 1.13. The van der Waals surface area contributed by atoms with E-state index in [1.54, 1.807) is 39.0 Å². The van der Waals surface area contributed by atoms with Crippen LogP contribution in [0.15, 0.2) is 65.7 Å². The van der Waals surface area contributed by atoms with Gasteiger partial charge in [-0.05, 0) is 76.7 Å². The van der Waals surface area contributed by atoms with Crippen molar-refractivity contribution in [2.45, 2.75) is 50.7 Å². The average molecular weight is 498 g/mol. The number of ether oxygens (including phenoxy) is 1. The molecule has 0 radical (unpaired) electrons. The molecule has 2 heterocycles. The molecule has 0 saturated carbocycles. The zero-order chi connectivity index (χ0) is 25.1. The topological polar surface area (TPSA) is 80.6 Å². The summed E-state index contributed by atoms with van der Waals surface area (Å²) in [5.74, 6) is 0.662. The Hall–Kier alpha value is -2.68. The predicted octanol–water partition coefficient (Wildman–Crippen LogP) is 4.66. The van der Waals surface area contributed by atoms with Crippen molar-refractivity contribution in [1.82, 2.24) is 14.2 Å². The quantitative estimate of drug-likeness (QED) is 0.514. The van der Waals surface area contributed by atoms with Crippen LogP contribution < -0.4 is 4.72 Å². The molecule has 0 atom stereocenters. The molecule has 3 aromatic rings. The Bertz CT molecular complexity index is 1250. The number of para-hydroxylation sites is 1. The lowest BCUT2D eigenvalue weighted by molar-refractivity contribution is 0.0530. The number of carbonyl (C=O) groups excluding carboxylic acids is 1. The number of sulfonamides is 1. The summed E-state index contributed by atoms with van der Waals surface area (Å²) in [5, 5.41) is 0.564. The highest BCUT2D eigenvalue weighted by Crippen LogP contribution is 2.25. The minimum absolute atomic E-state index is 0.102. The molecule has 7 nitrogen and oxygen atoms in total. The fourth-order valence-corrected chi connectivity index (χ4v) is 5.80. The van der Waals surface area contributed by atoms with Crippen LogP contribution in [0.1, 0.15) is 39.2 Å². The molecule has 0 spiro atoms. The van der Waals surface area contributed by atoms with Gasteiger partial charge in [0.25, 0.3) is 10.0 Å². The van der Waals surface area contributed by atoms with E-state index in [9.17, 15) is 13.2 Å². The normalized spacial score (nSPS) is 16.0. The van der Waals surface area contributed by atoms with E-state index < -0.39 is 21.7 Å². The van der Waals surface area contributed by atoms with E-state index in [1.165, 1.54) is 11.6 Å². The number of benzene rings is 2. The molecule has 4 rings (SSSR count). The van der Waals surface area contributed by atoms with Crippen LogP contribution in [0.3, 0.4) is 0 Å². The zero-order valence-electron chi connectivity index (χ0n) is 20.7. The second-order valence-electron chi connectivity index (χ2n) is 10.2. The molecule has 1 fully saturated rings. The Kier molecular flexibility index (Phi) is 7.64. The first kappa shape index (κ1) is 25.4. The molecule has 1 saturated heterocycles. The zero-order valence-corrected chi connectivity index (χ0v) is 21.6. The Morgan fingerprint density at radius 1 is 1.03 bits per heavy atom. The van der Waals surface area contributed by atoms with E-state index in [1.807, 2.05) is 12.1 Å². The predicted molar refractivity (Wildman–Crippen MR) is 138 cm³/mol. The van der Waals surface area contributed by atoms with Gasteiger partial charge in [-0.1, -0.05) is 48.5 Å². The van der Waals surface area contributed by atoms with Crippen molar-refractivity contribution in [2.75, 3.05) is 26.2 Å². The van der Waals surface area contributed by atoms with Crippen LogP contribution in [0.4, 0.5) is 4.79 Å². The fourth-order valence-electron chi connectivity index (χ4n) is 4.60. The summed E-state index contributed by atoms with van der Waals surface area (Å²) in [7, 11) is -3.92. The summed E-state index contributed by atoms with van der Waals surface area (Å²) in [6.45, 7) is 8.09. The van der Waals surface area contributed by atoms with Gasteiger partial charge in [0.1, 0.15) is 5.60 Å². The third kappa shape index (κ3) is 6.51. The van der Waals surface area contributed by atoms with Gasteiger partial charge in [0.15, 0.2) is 5.03 Å². The van der Waals surface area contributed by atoms with Gasteiger partial charge in [-0.25, -0.2) is 22.5 Å². The maximum Gasteiger partial charge on any atom is 0.420 e. The number of fused-ring (bicyclic) bond motifs is 1. The van der Waals surface area contributed by atoms with Gasteiger partial charge < -0.3 is 9.64 Å². The van der Waals surface area contributed by atoms with Crippen molar-refractivity contribution in [1.29, 1.82) is 0 Å². The lowest BCUT2D eigenvalue weighted by Crippen LogP contribution is -2.40. The van der Waals surface area contributed by atoms with Gasteiger partial charge in [0.2, 0.25) is 0 Å². The lowest BCUT2D eigenvalue weighted by atomic mass is 9.90. The molecule has 188 valence electrons. The lowest BCUT2D eigenvalue weighted by Gasteiger charge is -2.32. The molecule has 1 aromatic heterocycles. The first-order valence-electron chi connectivity index (χ1n) is 12.2. The SMILES string of the molecule is CC(C)(C)OC(=O)n1c(S(=O)(=O)NCCN2CCC(Cc3ccccc3)CC2)cc2ccccc21. The third-order valence-electron chi connectivity index (χ3n) is 6.32. The highest BCUT2D eigenvalue weighted by molar-refractivity contribution is 7.89. The maximum absolute atomic E-state index is 13.2. The van der Waals surface area contributed by atoms with E-state index in [2.05, 4.69) is 33.9 Å². The molecule has 1 aliphatic heterocycles. The summed E-state index contributed by atoms with van der Waals surface area (Å²) in [6, 6.07) is 19.2. The average Bonchev–Trinajstić information content (AvgIpc) is 3.21. The molecular formula is C27H35N3O4S. The fraction of sp³-hybridized carbons (Fsp3) is 0.444. The second kappa shape index (κ2) is 10.5. The number of carbonyl (C=O) groups is 1. The van der Waals surface area contributed by atoms with Crippen molar-refractivity contribution in [2.24, 2.45) is 5.92 Å². The number of hydrogen-bond donors (Lipinski definition) is 1. The molecule has 0 aliphatic carbocycles. The molecule has 0 bridgehead atoms. The van der Waals surface area contributed by atoms with Crippen molar-refractivity contribution in [3.8, 4) is 0 Å². The van der Waals surface area contributed by atoms with Crippen LogP contribution in [0.5, 0.6) is 0 Å². The maximum atomic E-state index is 13.2. The number of piperidine rings is 1. The third-order valence-corrected chi connectivity index (χ3v) is 7.76. The molecule has 1 aliphatic rings. The number of nitrogens with one attached hydrogen (secondary N) is 1. The molecular weight excluding hydrogens is 462 g/mol. The minimum Gasteiger partial charge on any atom is -0.443 e. The van der Waals surface area contributed by atoms with E-state index >= 15 is 0 Å². The van der Waals surface area contributed by atoms with Crippen molar-refractivity contribution in [3.05, 3.63) is 66.2 Å². The number of hydrogen-bond acceptors (Lipinski definition) is 5. The molecule has 8 heteroatoms. The monoisotopic (exact) mass is 497 g/mol. The first-order chi connectivity index (χ1) is 16.6. The van der Waals surface area contributed by atoms with Crippen LogP contribution in [0.2, 0.25) is 0 Å². The Morgan fingerprint density at radius 2 is 1.69 bits per heavy atom. The van der Waals surface area contributed by atoms with Gasteiger partial charge in [-0.2, -0.15) is 0 Å². The summed E-state index contributed by atoms with van der Waals surface area (Å²) < 4.78 is 35.8. The van der Waals surface area contributed by atoms with Gasteiger partial charge in [-0.3, -0.25) is 0 Å². The highest BCUT2D eigenvalue weighted by atomic mass is 32.2. The molecule has 1 N–H and O–H groups in total. The van der Waals surface area contributed by atoms with E-state index in [4.69, 9.17) is 4.74 Å². The Labute approximate surface area is 208 Å². The van der Waals surface area contributed by atoms with Crippen LogP contribution in [-0.2, 0) is 21.2 Å². The van der Waals surface area contributed by atoms with Crippen LogP contribution >= 0.6 is 0 Å².